The molecule has 7 heteroatoms. The lowest BCUT2D eigenvalue weighted by atomic mass is 9.99. The number of likely N-dealkylation sites (tertiary alicyclic amines) is 1. The molecule has 2 aliphatic rings. The van der Waals surface area contributed by atoms with E-state index in [2.05, 4.69) is 6.92 Å². The normalized spacial score (nSPS) is 22.1. The molecule has 2 aliphatic heterocycles. The molecule has 0 radical (unpaired) electrons. The average molecular weight is 394 g/mol. The van der Waals surface area contributed by atoms with Crippen molar-refractivity contribution in [2.24, 2.45) is 5.92 Å². The molecule has 0 N–H and O–H groups in total. The lowest BCUT2D eigenvalue weighted by Crippen LogP contribution is -2.53. The number of piperidine rings is 1. The summed E-state index contributed by atoms with van der Waals surface area (Å²) >= 11 is 0. The third-order valence-corrected chi connectivity index (χ3v) is 7.70. The van der Waals surface area contributed by atoms with Gasteiger partial charge in [0, 0.05) is 32.7 Å². The summed E-state index contributed by atoms with van der Waals surface area (Å²) in [4.78, 5) is 14.4. The topological polar surface area (TPSA) is 60.9 Å². The molecule has 3 rings (SSSR count). The summed E-state index contributed by atoms with van der Waals surface area (Å²) in [5, 5.41) is 0. The van der Waals surface area contributed by atoms with Crippen molar-refractivity contribution in [2.75, 3.05) is 32.7 Å². The Balaban J connectivity index is 1.68. The van der Waals surface area contributed by atoms with Gasteiger partial charge in [-0.15, -0.1) is 0 Å². The van der Waals surface area contributed by atoms with Crippen LogP contribution in [-0.4, -0.2) is 60.6 Å². The fourth-order valence-electron chi connectivity index (χ4n) is 3.81. The maximum atomic E-state index is 13.1. The molecular weight excluding hydrogens is 362 g/mol. The summed E-state index contributed by atoms with van der Waals surface area (Å²) in [6, 6.07) is 6.11. The SMILES string of the molecule is Cc1ccc(C)c(CN2CCCN(CC(=O)N3CCC(C)CC3)S2(=O)=O)c1. The van der Waals surface area contributed by atoms with Crippen LogP contribution >= 0.6 is 0 Å². The first-order chi connectivity index (χ1) is 12.8. The number of hydrogen-bond donors (Lipinski definition) is 0. The summed E-state index contributed by atoms with van der Waals surface area (Å²) < 4.78 is 29.0. The highest BCUT2D eigenvalue weighted by Gasteiger charge is 2.36. The van der Waals surface area contributed by atoms with Crippen LogP contribution in [-0.2, 0) is 21.5 Å². The molecule has 2 fully saturated rings. The molecule has 1 amide bonds. The van der Waals surface area contributed by atoms with Gasteiger partial charge >= 0.3 is 0 Å². The molecule has 2 heterocycles. The van der Waals surface area contributed by atoms with Crippen LogP contribution in [0.4, 0.5) is 0 Å². The molecule has 6 nitrogen and oxygen atoms in total. The van der Waals surface area contributed by atoms with Gasteiger partial charge in [0.25, 0.3) is 10.2 Å². The van der Waals surface area contributed by atoms with Gasteiger partial charge in [0.05, 0.1) is 6.54 Å². The third-order valence-electron chi connectivity index (χ3n) is 5.77. The Morgan fingerprint density at radius 1 is 1.07 bits per heavy atom. The maximum absolute atomic E-state index is 13.1. The zero-order chi connectivity index (χ0) is 19.6. The van der Waals surface area contributed by atoms with E-state index in [1.165, 1.54) is 8.61 Å². The van der Waals surface area contributed by atoms with Gasteiger partial charge in [0.15, 0.2) is 0 Å². The van der Waals surface area contributed by atoms with Crippen LogP contribution < -0.4 is 0 Å². The van der Waals surface area contributed by atoms with Crippen LogP contribution in [0.2, 0.25) is 0 Å². The van der Waals surface area contributed by atoms with E-state index in [-0.39, 0.29) is 12.5 Å². The summed E-state index contributed by atoms with van der Waals surface area (Å²) in [6.45, 7) is 8.93. The van der Waals surface area contributed by atoms with Crippen molar-refractivity contribution in [3.63, 3.8) is 0 Å². The number of carbonyl (C=O) groups excluding carboxylic acids is 1. The number of benzene rings is 1. The quantitative estimate of drug-likeness (QED) is 0.789. The van der Waals surface area contributed by atoms with Crippen molar-refractivity contribution in [2.45, 2.75) is 46.6 Å². The van der Waals surface area contributed by atoms with Gasteiger partial charge in [0.1, 0.15) is 0 Å². The summed E-state index contributed by atoms with van der Waals surface area (Å²) in [5.74, 6) is 0.569. The zero-order valence-electron chi connectivity index (χ0n) is 16.6. The highest BCUT2D eigenvalue weighted by molar-refractivity contribution is 7.86. The van der Waals surface area contributed by atoms with Gasteiger partial charge in [-0.2, -0.15) is 17.0 Å². The molecular formula is C20H31N3O3S. The first kappa shape index (κ1) is 20.3. The molecule has 1 aromatic carbocycles. The molecule has 0 aliphatic carbocycles. The molecule has 1 aromatic rings. The van der Waals surface area contributed by atoms with E-state index in [9.17, 15) is 13.2 Å². The second-order valence-corrected chi connectivity index (χ2v) is 9.95. The molecule has 0 atom stereocenters. The molecule has 0 aromatic heterocycles. The lowest BCUT2D eigenvalue weighted by molar-refractivity contribution is -0.132. The largest absolute Gasteiger partial charge is 0.342 e. The Labute approximate surface area is 163 Å². The van der Waals surface area contributed by atoms with E-state index in [0.717, 1.165) is 49.0 Å². The molecule has 0 spiro atoms. The van der Waals surface area contributed by atoms with Crippen molar-refractivity contribution in [1.82, 2.24) is 13.5 Å². The Morgan fingerprint density at radius 2 is 1.74 bits per heavy atom. The smallest absolute Gasteiger partial charge is 0.282 e. The van der Waals surface area contributed by atoms with Crippen molar-refractivity contribution in [1.29, 1.82) is 0 Å². The number of carbonyl (C=O) groups is 1. The molecule has 0 unspecified atom stereocenters. The van der Waals surface area contributed by atoms with Gasteiger partial charge < -0.3 is 4.90 Å². The Morgan fingerprint density at radius 3 is 2.44 bits per heavy atom. The van der Waals surface area contributed by atoms with E-state index < -0.39 is 10.2 Å². The summed E-state index contributed by atoms with van der Waals surface area (Å²) in [5.41, 5.74) is 3.24. The van der Waals surface area contributed by atoms with Crippen molar-refractivity contribution in [3.05, 3.63) is 34.9 Å². The van der Waals surface area contributed by atoms with Gasteiger partial charge in [-0.3, -0.25) is 4.79 Å². The van der Waals surface area contributed by atoms with Crippen molar-refractivity contribution >= 4 is 16.1 Å². The molecule has 27 heavy (non-hydrogen) atoms. The first-order valence-electron chi connectivity index (χ1n) is 9.86. The third kappa shape index (κ3) is 4.70. The Bertz CT molecular complexity index is 786. The predicted octanol–water partition coefficient (Wildman–Crippen LogP) is 2.31. The van der Waals surface area contributed by atoms with Gasteiger partial charge in [-0.05, 0) is 50.2 Å². The number of amides is 1. The molecule has 0 bridgehead atoms. The summed E-state index contributed by atoms with van der Waals surface area (Å²) in [6.07, 6.45) is 2.74. The first-order valence-corrected chi connectivity index (χ1v) is 11.3. The van der Waals surface area contributed by atoms with E-state index >= 15 is 0 Å². The van der Waals surface area contributed by atoms with Crippen LogP contribution in [0, 0.1) is 19.8 Å². The van der Waals surface area contributed by atoms with Gasteiger partial charge in [-0.1, -0.05) is 30.7 Å². The molecule has 150 valence electrons. The standard InChI is InChI=1S/C20H31N3O3S/c1-16-7-11-21(12-8-16)20(24)15-23-10-4-9-22(27(23,25)26)14-19-13-17(2)5-6-18(19)3/h5-6,13,16H,4,7-12,14-15H2,1-3H3. The fourth-order valence-corrected chi connectivity index (χ4v) is 5.43. The molecule has 0 saturated carbocycles. The van der Waals surface area contributed by atoms with E-state index in [4.69, 9.17) is 0 Å². The van der Waals surface area contributed by atoms with Crippen molar-refractivity contribution < 1.29 is 13.2 Å². The van der Waals surface area contributed by atoms with Crippen LogP contribution in [0.15, 0.2) is 18.2 Å². The van der Waals surface area contributed by atoms with Crippen LogP contribution in [0.25, 0.3) is 0 Å². The van der Waals surface area contributed by atoms with Gasteiger partial charge in [-0.25, -0.2) is 0 Å². The van der Waals surface area contributed by atoms with E-state index in [1.807, 2.05) is 36.9 Å². The molecule has 2 saturated heterocycles. The fraction of sp³-hybridized carbons (Fsp3) is 0.650. The number of hydrogen-bond acceptors (Lipinski definition) is 3. The lowest BCUT2D eigenvalue weighted by Gasteiger charge is -2.36. The second-order valence-electron chi connectivity index (χ2n) is 8.02. The number of nitrogens with zero attached hydrogens (tertiary/aromatic N) is 3. The monoisotopic (exact) mass is 393 g/mol. The van der Waals surface area contributed by atoms with E-state index in [0.29, 0.717) is 25.6 Å². The Hall–Kier alpha value is -1.44. The minimum atomic E-state index is -3.62. The summed E-state index contributed by atoms with van der Waals surface area (Å²) in [7, 11) is -3.62. The van der Waals surface area contributed by atoms with Crippen LogP contribution in [0.1, 0.15) is 42.9 Å². The highest BCUT2D eigenvalue weighted by atomic mass is 32.2. The number of aryl methyl sites for hydroxylation is 2. The maximum Gasteiger partial charge on any atom is 0.282 e. The minimum absolute atomic E-state index is 0.0417. The average Bonchev–Trinajstić information content (AvgIpc) is 2.62. The second kappa shape index (κ2) is 8.29. The van der Waals surface area contributed by atoms with E-state index in [1.54, 1.807) is 0 Å². The Kier molecular flexibility index (Phi) is 6.23. The van der Waals surface area contributed by atoms with Crippen LogP contribution in [0.5, 0.6) is 0 Å². The van der Waals surface area contributed by atoms with Crippen LogP contribution in [0.3, 0.4) is 0 Å². The number of rotatable bonds is 4. The zero-order valence-corrected chi connectivity index (χ0v) is 17.5. The highest BCUT2D eigenvalue weighted by Crippen LogP contribution is 2.22. The van der Waals surface area contributed by atoms with Crippen molar-refractivity contribution in [3.8, 4) is 0 Å². The minimum Gasteiger partial charge on any atom is -0.342 e. The predicted molar refractivity (Wildman–Crippen MR) is 106 cm³/mol. The van der Waals surface area contributed by atoms with Gasteiger partial charge in [0.2, 0.25) is 5.91 Å².